The maximum atomic E-state index is 15.2. The van der Waals surface area contributed by atoms with Crippen LogP contribution < -0.4 is 4.74 Å². The Labute approximate surface area is 210 Å². The molecule has 37 heavy (non-hydrogen) atoms. The van der Waals surface area contributed by atoms with Crippen molar-refractivity contribution in [3.05, 3.63) is 113 Å². The van der Waals surface area contributed by atoms with E-state index in [1.807, 2.05) is 37.3 Å². The van der Waals surface area contributed by atoms with Gasteiger partial charge < -0.3 is 4.74 Å². The summed E-state index contributed by atoms with van der Waals surface area (Å²) in [6.07, 6.45) is 0.774. The molecule has 4 aromatic rings. The van der Waals surface area contributed by atoms with E-state index in [9.17, 15) is 22.0 Å². The number of benzene rings is 4. The molecule has 0 aliphatic heterocycles. The van der Waals surface area contributed by atoms with Crippen LogP contribution in [0.2, 0.25) is 0 Å². The molecule has 0 fully saturated rings. The van der Waals surface area contributed by atoms with Gasteiger partial charge in [-0.2, -0.15) is 0 Å². The SMILES string of the molecule is C/C=C/CCc1ccc(C#Cc2ccc3c(F)c(-c4cc(F)c(OC(F)(F)F)c(F)c4)ccc3c2)cc1. The molecule has 0 bridgehead atoms. The summed E-state index contributed by atoms with van der Waals surface area (Å²) < 4.78 is 84.1. The minimum absolute atomic E-state index is 0.169. The third-order valence-corrected chi connectivity index (χ3v) is 5.62. The monoisotopic (exact) mass is 510 g/mol. The summed E-state index contributed by atoms with van der Waals surface area (Å²) in [5, 5.41) is 0.676. The van der Waals surface area contributed by atoms with Gasteiger partial charge in [-0.3, -0.25) is 0 Å². The Morgan fingerprint density at radius 2 is 1.46 bits per heavy atom. The van der Waals surface area contributed by atoms with Crippen molar-refractivity contribution in [3.63, 3.8) is 0 Å². The summed E-state index contributed by atoms with van der Waals surface area (Å²) in [5.74, 6) is 0.563. The fourth-order valence-corrected chi connectivity index (χ4v) is 3.84. The molecule has 188 valence electrons. The van der Waals surface area contributed by atoms with Gasteiger partial charge in [0, 0.05) is 22.1 Å². The third-order valence-electron chi connectivity index (χ3n) is 5.62. The molecular formula is C30H20F6O. The average molecular weight is 510 g/mol. The van der Waals surface area contributed by atoms with Gasteiger partial charge in [-0.25, -0.2) is 13.2 Å². The lowest BCUT2D eigenvalue weighted by Gasteiger charge is -2.13. The zero-order chi connectivity index (χ0) is 26.6. The molecule has 0 unspecified atom stereocenters. The summed E-state index contributed by atoms with van der Waals surface area (Å²) in [6, 6.07) is 16.8. The zero-order valence-electron chi connectivity index (χ0n) is 19.6. The first-order chi connectivity index (χ1) is 17.6. The van der Waals surface area contributed by atoms with Crippen LogP contribution in [-0.4, -0.2) is 6.36 Å². The molecular weight excluding hydrogens is 490 g/mol. The van der Waals surface area contributed by atoms with E-state index >= 15 is 4.39 Å². The van der Waals surface area contributed by atoms with Crippen LogP contribution >= 0.6 is 0 Å². The van der Waals surface area contributed by atoms with Crippen molar-refractivity contribution in [3.8, 4) is 28.7 Å². The normalized spacial score (nSPS) is 11.5. The molecule has 0 radical (unpaired) electrons. The van der Waals surface area contributed by atoms with E-state index in [-0.39, 0.29) is 16.5 Å². The number of ether oxygens (including phenoxy) is 1. The van der Waals surface area contributed by atoms with Crippen molar-refractivity contribution in [1.29, 1.82) is 0 Å². The van der Waals surface area contributed by atoms with E-state index in [2.05, 4.69) is 22.7 Å². The molecule has 4 rings (SSSR count). The highest BCUT2D eigenvalue weighted by Gasteiger charge is 2.34. The number of rotatable bonds is 5. The average Bonchev–Trinajstić information content (AvgIpc) is 2.85. The van der Waals surface area contributed by atoms with Crippen LogP contribution in [0.25, 0.3) is 21.9 Å². The third kappa shape index (κ3) is 6.34. The topological polar surface area (TPSA) is 9.23 Å². The first kappa shape index (κ1) is 25.9. The van der Waals surface area contributed by atoms with Crippen molar-refractivity contribution < 1.29 is 31.1 Å². The van der Waals surface area contributed by atoms with Crippen LogP contribution in [0.3, 0.4) is 0 Å². The predicted molar refractivity (Wildman–Crippen MR) is 131 cm³/mol. The van der Waals surface area contributed by atoms with Gasteiger partial charge in [-0.05, 0) is 72.7 Å². The molecule has 0 heterocycles. The Morgan fingerprint density at radius 1 is 0.811 bits per heavy atom. The number of aryl methyl sites for hydroxylation is 1. The molecule has 0 aromatic heterocycles. The zero-order valence-corrected chi connectivity index (χ0v) is 19.6. The fourth-order valence-electron chi connectivity index (χ4n) is 3.84. The number of fused-ring (bicyclic) bond motifs is 1. The molecule has 0 saturated heterocycles. The van der Waals surface area contributed by atoms with Crippen LogP contribution in [0.1, 0.15) is 30.0 Å². The molecule has 0 spiro atoms. The van der Waals surface area contributed by atoms with Crippen molar-refractivity contribution in [2.45, 2.75) is 26.1 Å². The van der Waals surface area contributed by atoms with Gasteiger partial charge in [0.05, 0.1) is 0 Å². The summed E-state index contributed by atoms with van der Waals surface area (Å²) in [4.78, 5) is 0. The van der Waals surface area contributed by atoms with Crippen molar-refractivity contribution in [2.75, 3.05) is 0 Å². The molecule has 0 atom stereocenters. The second-order valence-electron chi connectivity index (χ2n) is 8.23. The smallest absolute Gasteiger partial charge is 0.399 e. The summed E-state index contributed by atoms with van der Waals surface area (Å²) in [6.45, 7) is 1.99. The van der Waals surface area contributed by atoms with Crippen molar-refractivity contribution in [2.24, 2.45) is 0 Å². The summed E-state index contributed by atoms with van der Waals surface area (Å²) in [7, 11) is 0. The van der Waals surface area contributed by atoms with Gasteiger partial charge in [0.25, 0.3) is 0 Å². The minimum Gasteiger partial charge on any atom is -0.399 e. The van der Waals surface area contributed by atoms with Crippen LogP contribution in [0.4, 0.5) is 26.3 Å². The van der Waals surface area contributed by atoms with E-state index in [1.54, 1.807) is 18.2 Å². The number of allylic oxidation sites excluding steroid dienone is 2. The van der Waals surface area contributed by atoms with E-state index in [0.29, 0.717) is 23.1 Å². The Hall–Kier alpha value is -4.18. The van der Waals surface area contributed by atoms with Crippen molar-refractivity contribution in [1.82, 2.24) is 0 Å². The van der Waals surface area contributed by atoms with Crippen LogP contribution in [0, 0.1) is 29.3 Å². The van der Waals surface area contributed by atoms with Crippen LogP contribution in [0.15, 0.2) is 78.9 Å². The summed E-state index contributed by atoms with van der Waals surface area (Å²) in [5.41, 5.74) is 2.25. The van der Waals surface area contributed by atoms with Gasteiger partial charge in [0.15, 0.2) is 11.6 Å². The predicted octanol–water partition coefficient (Wildman–Crippen LogP) is 8.73. The first-order valence-electron chi connectivity index (χ1n) is 11.3. The summed E-state index contributed by atoms with van der Waals surface area (Å²) >= 11 is 0. The number of alkyl halides is 3. The van der Waals surface area contributed by atoms with Gasteiger partial charge in [-0.15, -0.1) is 13.2 Å². The first-order valence-corrected chi connectivity index (χ1v) is 11.3. The van der Waals surface area contributed by atoms with Crippen molar-refractivity contribution >= 4 is 10.8 Å². The Bertz CT molecular complexity index is 1500. The Morgan fingerprint density at radius 3 is 2.11 bits per heavy atom. The van der Waals surface area contributed by atoms with Crippen LogP contribution in [-0.2, 0) is 6.42 Å². The van der Waals surface area contributed by atoms with Crippen LogP contribution in [0.5, 0.6) is 5.75 Å². The number of halogens is 6. The van der Waals surface area contributed by atoms with E-state index < -0.39 is 29.6 Å². The van der Waals surface area contributed by atoms with E-state index in [4.69, 9.17) is 0 Å². The van der Waals surface area contributed by atoms with E-state index in [0.717, 1.165) is 18.4 Å². The molecule has 0 aliphatic carbocycles. The van der Waals surface area contributed by atoms with E-state index in [1.165, 1.54) is 17.7 Å². The molecule has 4 aromatic carbocycles. The Kier molecular flexibility index (Phi) is 7.58. The molecule has 0 saturated carbocycles. The molecule has 0 aliphatic rings. The molecule has 1 nitrogen and oxygen atoms in total. The van der Waals surface area contributed by atoms with Gasteiger partial charge >= 0.3 is 6.36 Å². The fraction of sp³-hybridized carbons (Fsp3) is 0.133. The maximum absolute atomic E-state index is 15.2. The Balaban J connectivity index is 1.59. The molecule has 0 amide bonds. The second-order valence-corrected chi connectivity index (χ2v) is 8.23. The van der Waals surface area contributed by atoms with Gasteiger partial charge in [0.1, 0.15) is 5.82 Å². The lowest BCUT2D eigenvalue weighted by atomic mass is 9.98. The number of hydrogen-bond acceptors (Lipinski definition) is 1. The largest absolute Gasteiger partial charge is 0.573 e. The second kappa shape index (κ2) is 10.8. The standard InChI is InChI=1S/C30H20F6O/c1-2-3-4-5-19-6-8-20(9-7-19)10-11-21-12-14-24-22(16-21)13-15-25(28(24)33)23-17-26(31)29(27(32)18-23)37-30(34,35)36/h2-3,6-9,12-18H,4-5H2,1H3/b3-2+. The minimum atomic E-state index is -5.27. The maximum Gasteiger partial charge on any atom is 0.573 e. The highest BCUT2D eigenvalue weighted by Crippen LogP contribution is 2.35. The highest BCUT2D eigenvalue weighted by molar-refractivity contribution is 5.89. The van der Waals surface area contributed by atoms with Gasteiger partial charge in [-0.1, -0.05) is 54.3 Å². The molecule has 7 heteroatoms. The quantitative estimate of drug-likeness (QED) is 0.148. The highest BCUT2D eigenvalue weighted by atomic mass is 19.4. The lowest BCUT2D eigenvalue weighted by molar-refractivity contribution is -0.276. The lowest BCUT2D eigenvalue weighted by Crippen LogP contribution is -2.19. The molecule has 0 N–H and O–H groups in total. The number of hydrogen-bond donors (Lipinski definition) is 0. The van der Waals surface area contributed by atoms with Gasteiger partial charge in [0.2, 0.25) is 5.75 Å².